The molecule has 0 aliphatic carbocycles. The van der Waals surface area contributed by atoms with E-state index in [1.807, 2.05) is 24.3 Å². The Bertz CT molecular complexity index is 883. The largest absolute Gasteiger partial charge is 0.353 e. The van der Waals surface area contributed by atoms with Crippen LogP contribution in [0.15, 0.2) is 42.6 Å². The molecule has 2 aromatic heterocycles. The lowest BCUT2D eigenvalue weighted by molar-refractivity contribution is 0.224. The summed E-state index contributed by atoms with van der Waals surface area (Å²) in [5.74, 6) is 0.601. The molecule has 0 atom stereocenters. The van der Waals surface area contributed by atoms with Crippen molar-refractivity contribution >= 4 is 17.1 Å². The second-order valence-corrected chi connectivity index (χ2v) is 7.04. The molecule has 6 nitrogen and oxygen atoms in total. The van der Waals surface area contributed by atoms with E-state index >= 15 is 0 Å². The van der Waals surface area contributed by atoms with Crippen molar-refractivity contribution in [2.24, 2.45) is 5.73 Å². The molecular formula is C20H25FN6. The second-order valence-electron chi connectivity index (χ2n) is 7.04. The number of likely N-dealkylation sites (tertiary alicyclic amines) is 1. The van der Waals surface area contributed by atoms with Gasteiger partial charge in [-0.15, -0.1) is 0 Å². The summed E-state index contributed by atoms with van der Waals surface area (Å²) in [5, 5.41) is 3.61. The maximum Gasteiger partial charge on any atom is 0.205 e. The Labute approximate surface area is 158 Å². The number of fused-ring (bicyclic) bond motifs is 1. The van der Waals surface area contributed by atoms with Crippen molar-refractivity contribution in [3.8, 4) is 0 Å². The fraction of sp³-hybridized carbons (Fsp3) is 0.400. The van der Waals surface area contributed by atoms with Gasteiger partial charge in [0.2, 0.25) is 5.95 Å². The van der Waals surface area contributed by atoms with E-state index < -0.39 is 0 Å². The van der Waals surface area contributed by atoms with Crippen molar-refractivity contribution in [3.63, 3.8) is 0 Å². The number of hydrogen-bond acceptors (Lipinski definition) is 5. The maximum atomic E-state index is 13.2. The Morgan fingerprint density at radius 3 is 2.67 bits per heavy atom. The summed E-state index contributed by atoms with van der Waals surface area (Å²) in [6, 6.07) is 10.9. The number of hydrogen-bond donors (Lipinski definition) is 2. The van der Waals surface area contributed by atoms with Crippen LogP contribution in [0.4, 0.5) is 10.3 Å². The first-order valence-electron chi connectivity index (χ1n) is 9.47. The normalized spacial score (nSPS) is 16.1. The summed E-state index contributed by atoms with van der Waals surface area (Å²) >= 11 is 0. The highest BCUT2D eigenvalue weighted by atomic mass is 19.1. The lowest BCUT2D eigenvalue weighted by Crippen LogP contribution is -2.41. The van der Waals surface area contributed by atoms with Crippen LogP contribution in [0.1, 0.15) is 18.4 Å². The van der Waals surface area contributed by atoms with Crippen LogP contribution < -0.4 is 11.1 Å². The summed E-state index contributed by atoms with van der Waals surface area (Å²) in [6.07, 6.45) is 3.88. The van der Waals surface area contributed by atoms with E-state index in [4.69, 9.17) is 10.7 Å². The smallest absolute Gasteiger partial charge is 0.205 e. The molecule has 1 aromatic carbocycles. The molecule has 0 amide bonds. The third-order valence-electron chi connectivity index (χ3n) is 5.14. The van der Waals surface area contributed by atoms with Gasteiger partial charge in [-0.05, 0) is 42.7 Å². The Morgan fingerprint density at radius 1 is 1.15 bits per heavy atom. The average Bonchev–Trinajstić information content (AvgIpc) is 3.02. The molecule has 1 aliphatic heterocycles. The van der Waals surface area contributed by atoms with E-state index in [2.05, 4.69) is 19.8 Å². The number of piperidine rings is 1. The van der Waals surface area contributed by atoms with Crippen molar-refractivity contribution in [2.75, 3.05) is 31.5 Å². The minimum atomic E-state index is -0.224. The Kier molecular flexibility index (Phi) is 5.31. The predicted octanol–water partition coefficient (Wildman–Crippen LogP) is 2.45. The molecule has 3 heterocycles. The first-order chi connectivity index (χ1) is 13.2. The average molecular weight is 368 g/mol. The third-order valence-corrected chi connectivity index (χ3v) is 5.14. The molecule has 0 saturated carbocycles. The van der Waals surface area contributed by atoms with Crippen LogP contribution in [0.25, 0.3) is 11.2 Å². The molecule has 142 valence electrons. The van der Waals surface area contributed by atoms with Gasteiger partial charge in [-0.2, -0.15) is 4.98 Å². The molecular weight excluding hydrogens is 343 g/mol. The molecule has 0 spiro atoms. The number of nitrogens with one attached hydrogen (secondary N) is 1. The van der Waals surface area contributed by atoms with Gasteiger partial charge in [0.05, 0.1) is 12.1 Å². The summed E-state index contributed by atoms with van der Waals surface area (Å²) in [5.41, 5.74) is 8.39. The zero-order valence-corrected chi connectivity index (χ0v) is 15.3. The molecule has 1 aliphatic rings. The number of nitrogens with two attached hydrogens (primary N) is 1. The van der Waals surface area contributed by atoms with Gasteiger partial charge in [-0.3, -0.25) is 0 Å². The molecule has 4 rings (SSSR count). The number of imidazole rings is 1. The van der Waals surface area contributed by atoms with Gasteiger partial charge in [0, 0.05) is 38.4 Å². The molecule has 3 N–H and O–H groups in total. The van der Waals surface area contributed by atoms with Crippen LogP contribution in [-0.4, -0.2) is 51.7 Å². The van der Waals surface area contributed by atoms with Crippen molar-refractivity contribution in [3.05, 3.63) is 54.0 Å². The van der Waals surface area contributed by atoms with E-state index in [-0.39, 0.29) is 5.82 Å². The highest BCUT2D eigenvalue weighted by Gasteiger charge is 2.21. The number of nitrogens with zero attached hydrogens (tertiary/aromatic N) is 4. The van der Waals surface area contributed by atoms with Crippen LogP contribution in [0, 0.1) is 5.82 Å². The van der Waals surface area contributed by atoms with Crippen LogP contribution in [-0.2, 0) is 6.54 Å². The van der Waals surface area contributed by atoms with Crippen molar-refractivity contribution < 1.29 is 4.39 Å². The second kappa shape index (κ2) is 8.02. The van der Waals surface area contributed by atoms with Gasteiger partial charge >= 0.3 is 0 Å². The van der Waals surface area contributed by atoms with Crippen molar-refractivity contribution in [1.29, 1.82) is 0 Å². The Morgan fingerprint density at radius 2 is 1.93 bits per heavy atom. The van der Waals surface area contributed by atoms with Crippen molar-refractivity contribution in [2.45, 2.75) is 25.4 Å². The van der Waals surface area contributed by atoms with Crippen LogP contribution in [0.5, 0.6) is 0 Å². The molecule has 7 heteroatoms. The van der Waals surface area contributed by atoms with E-state index in [0.717, 1.165) is 55.2 Å². The number of halogens is 1. The standard InChI is InChI=1S/C20H25FN6/c21-16-5-3-15(4-6-16)14-27-18-2-1-10-23-19(18)25-20(27)24-17-7-11-26(12-8-17)13-9-22/h1-6,10,17H,7-9,11-14,22H2,(H,23,24,25). The van der Waals surface area contributed by atoms with Crippen molar-refractivity contribution in [1.82, 2.24) is 19.4 Å². The summed E-state index contributed by atoms with van der Waals surface area (Å²) in [7, 11) is 0. The summed E-state index contributed by atoms with van der Waals surface area (Å²) in [4.78, 5) is 11.5. The van der Waals surface area contributed by atoms with Gasteiger partial charge in [-0.25, -0.2) is 9.37 Å². The highest BCUT2D eigenvalue weighted by Crippen LogP contribution is 2.22. The van der Waals surface area contributed by atoms with Gasteiger partial charge < -0.3 is 20.5 Å². The van der Waals surface area contributed by atoms with Gasteiger partial charge in [-0.1, -0.05) is 12.1 Å². The van der Waals surface area contributed by atoms with Crippen LogP contribution in [0.2, 0.25) is 0 Å². The van der Waals surface area contributed by atoms with Gasteiger partial charge in [0.1, 0.15) is 5.82 Å². The predicted molar refractivity (Wildman–Crippen MR) is 105 cm³/mol. The van der Waals surface area contributed by atoms with Gasteiger partial charge in [0.15, 0.2) is 5.65 Å². The fourth-order valence-corrected chi connectivity index (χ4v) is 3.67. The first kappa shape index (κ1) is 17.9. The molecule has 3 aromatic rings. The summed E-state index contributed by atoms with van der Waals surface area (Å²) in [6.45, 7) is 4.38. The molecule has 1 saturated heterocycles. The lowest BCUT2D eigenvalue weighted by atomic mass is 10.1. The minimum Gasteiger partial charge on any atom is -0.353 e. The van der Waals surface area contributed by atoms with Crippen LogP contribution in [0.3, 0.4) is 0 Å². The maximum absolute atomic E-state index is 13.2. The molecule has 0 radical (unpaired) electrons. The third kappa shape index (κ3) is 4.09. The Balaban J connectivity index is 1.56. The van der Waals surface area contributed by atoms with E-state index in [0.29, 0.717) is 19.1 Å². The topological polar surface area (TPSA) is 72.0 Å². The minimum absolute atomic E-state index is 0.224. The Hall–Kier alpha value is -2.51. The highest BCUT2D eigenvalue weighted by molar-refractivity contribution is 5.74. The fourth-order valence-electron chi connectivity index (χ4n) is 3.67. The molecule has 1 fully saturated rings. The molecule has 0 unspecified atom stereocenters. The first-order valence-corrected chi connectivity index (χ1v) is 9.47. The quantitative estimate of drug-likeness (QED) is 0.699. The molecule has 27 heavy (non-hydrogen) atoms. The van der Waals surface area contributed by atoms with E-state index in [1.165, 1.54) is 12.1 Å². The zero-order valence-electron chi connectivity index (χ0n) is 15.3. The number of benzene rings is 1. The lowest BCUT2D eigenvalue weighted by Gasteiger charge is -2.32. The monoisotopic (exact) mass is 368 g/mol. The van der Waals surface area contributed by atoms with Gasteiger partial charge in [0.25, 0.3) is 0 Å². The number of anilines is 1. The zero-order chi connectivity index (χ0) is 18.6. The van der Waals surface area contributed by atoms with E-state index in [1.54, 1.807) is 6.20 Å². The number of rotatable bonds is 6. The SMILES string of the molecule is NCCN1CCC(Nc2nc3ncccc3n2Cc2ccc(F)cc2)CC1. The number of aromatic nitrogens is 3. The number of pyridine rings is 1. The summed E-state index contributed by atoms with van der Waals surface area (Å²) < 4.78 is 15.4. The van der Waals surface area contributed by atoms with E-state index in [9.17, 15) is 4.39 Å². The van der Waals surface area contributed by atoms with Crippen LogP contribution >= 0.6 is 0 Å². The molecule has 0 bridgehead atoms.